The zero-order chi connectivity index (χ0) is 23.2. The molecule has 0 fully saturated rings. The highest BCUT2D eigenvalue weighted by Crippen LogP contribution is 2.23. The molecule has 4 aromatic rings. The summed E-state index contributed by atoms with van der Waals surface area (Å²) in [5.74, 6) is 0.0691. The SMILES string of the molecule is Fc1cccc(Cl)c1Cn1nc(NC(=S)N(Cc2ccccc2)Cc2ccccc2)cc1Cl. The number of halogens is 3. The molecule has 0 unspecified atom stereocenters. The number of rotatable bonds is 7. The van der Waals surface area contributed by atoms with E-state index in [9.17, 15) is 4.39 Å². The summed E-state index contributed by atoms with van der Waals surface area (Å²) < 4.78 is 15.7. The molecular formula is C25H21Cl2FN4S. The van der Waals surface area contributed by atoms with E-state index in [1.807, 2.05) is 36.4 Å². The van der Waals surface area contributed by atoms with Gasteiger partial charge in [-0.2, -0.15) is 5.10 Å². The van der Waals surface area contributed by atoms with Gasteiger partial charge in [-0.25, -0.2) is 9.07 Å². The number of anilines is 1. The molecule has 0 radical (unpaired) electrons. The first kappa shape index (κ1) is 23.2. The standard InChI is InChI=1S/C25H21Cl2FN4S/c26-21-12-7-13-22(28)20(21)17-32-23(27)14-24(30-32)29-25(33)31(15-18-8-3-1-4-9-18)16-19-10-5-2-6-11-19/h1-14H,15-17H2,(H,29,30,33). The molecule has 0 amide bonds. The van der Waals surface area contributed by atoms with Gasteiger partial charge < -0.3 is 10.2 Å². The molecule has 1 heterocycles. The minimum absolute atomic E-state index is 0.108. The van der Waals surface area contributed by atoms with E-state index in [4.69, 9.17) is 35.4 Å². The highest BCUT2D eigenvalue weighted by Gasteiger charge is 2.16. The molecule has 0 saturated carbocycles. The smallest absolute Gasteiger partial charge is 0.175 e. The molecule has 4 rings (SSSR count). The van der Waals surface area contributed by atoms with Crippen LogP contribution in [0.2, 0.25) is 10.2 Å². The molecule has 168 valence electrons. The van der Waals surface area contributed by atoms with E-state index < -0.39 is 5.82 Å². The van der Waals surface area contributed by atoms with Crippen LogP contribution < -0.4 is 5.32 Å². The normalized spacial score (nSPS) is 10.8. The first-order chi connectivity index (χ1) is 16.0. The summed E-state index contributed by atoms with van der Waals surface area (Å²) in [4.78, 5) is 2.06. The van der Waals surface area contributed by atoms with Crippen molar-refractivity contribution < 1.29 is 4.39 Å². The Hall–Kier alpha value is -2.93. The zero-order valence-electron chi connectivity index (χ0n) is 17.6. The average molecular weight is 499 g/mol. The van der Waals surface area contributed by atoms with Crippen molar-refractivity contribution in [3.05, 3.63) is 118 Å². The summed E-state index contributed by atoms with van der Waals surface area (Å²) in [5, 5.41) is 8.81. The fourth-order valence-electron chi connectivity index (χ4n) is 3.39. The summed E-state index contributed by atoms with van der Waals surface area (Å²) in [6.45, 7) is 1.36. The van der Waals surface area contributed by atoms with Crippen molar-refractivity contribution in [1.82, 2.24) is 14.7 Å². The molecule has 4 nitrogen and oxygen atoms in total. The van der Waals surface area contributed by atoms with Crippen LogP contribution in [0.15, 0.2) is 84.9 Å². The van der Waals surface area contributed by atoms with Crippen molar-refractivity contribution >= 4 is 46.4 Å². The van der Waals surface area contributed by atoms with Gasteiger partial charge in [-0.1, -0.05) is 89.9 Å². The summed E-state index contributed by atoms with van der Waals surface area (Å²) in [6.07, 6.45) is 0. The monoisotopic (exact) mass is 498 g/mol. The molecule has 3 aromatic carbocycles. The minimum Gasteiger partial charge on any atom is -0.340 e. The predicted molar refractivity (Wildman–Crippen MR) is 136 cm³/mol. The summed E-state index contributed by atoms with van der Waals surface area (Å²) in [5.41, 5.74) is 2.60. The Morgan fingerprint density at radius 1 is 0.909 bits per heavy atom. The van der Waals surface area contributed by atoms with Gasteiger partial charge in [0.25, 0.3) is 0 Å². The van der Waals surface area contributed by atoms with Crippen LogP contribution in [0.25, 0.3) is 0 Å². The number of hydrogen-bond acceptors (Lipinski definition) is 2. The predicted octanol–water partition coefficient (Wildman–Crippen LogP) is 6.78. The van der Waals surface area contributed by atoms with E-state index in [-0.39, 0.29) is 6.54 Å². The summed E-state index contributed by atoms with van der Waals surface area (Å²) in [7, 11) is 0. The number of aromatic nitrogens is 2. The molecule has 0 spiro atoms. The van der Waals surface area contributed by atoms with Crippen LogP contribution in [-0.4, -0.2) is 19.8 Å². The molecule has 0 aliphatic carbocycles. The number of hydrogen-bond donors (Lipinski definition) is 1. The van der Waals surface area contributed by atoms with E-state index in [2.05, 4.69) is 39.6 Å². The van der Waals surface area contributed by atoms with Crippen molar-refractivity contribution in [3.8, 4) is 0 Å². The highest BCUT2D eigenvalue weighted by molar-refractivity contribution is 7.80. The zero-order valence-corrected chi connectivity index (χ0v) is 19.9. The molecule has 0 atom stereocenters. The van der Waals surface area contributed by atoms with Crippen LogP contribution in [0.3, 0.4) is 0 Å². The maximum atomic E-state index is 14.2. The number of benzene rings is 3. The first-order valence-corrected chi connectivity index (χ1v) is 11.5. The van der Waals surface area contributed by atoms with Gasteiger partial charge in [-0.3, -0.25) is 0 Å². The molecule has 0 aliphatic heterocycles. The van der Waals surface area contributed by atoms with Crippen molar-refractivity contribution in [3.63, 3.8) is 0 Å². The topological polar surface area (TPSA) is 33.1 Å². The third-order valence-corrected chi connectivity index (χ3v) is 6.07. The highest BCUT2D eigenvalue weighted by atomic mass is 35.5. The fraction of sp³-hybridized carbons (Fsp3) is 0.120. The first-order valence-electron chi connectivity index (χ1n) is 10.3. The van der Waals surface area contributed by atoms with E-state index in [1.165, 1.54) is 10.7 Å². The lowest BCUT2D eigenvalue weighted by molar-refractivity contribution is 0.412. The van der Waals surface area contributed by atoms with Crippen molar-refractivity contribution in [2.45, 2.75) is 19.6 Å². The van der Waals surface area contributed by atoms with Crippen LogP contribution in [0, 0.1) is 5.82 Å². The van der Waals surface area contributed by atoms with Crippen LogP contribution in [0.5, 0.6) is 0 Å². The Balaban J connectivity index is 1.52. The lowest BCUT2D eigenvalue weighted by Crippen LogP contribution is -2.34. The second-order valence-corrected chi connectivity index (χ2v) is 8.65. The van der Waals surface area contributed by atoms with Crippen LogP contribution in [0.4, 0.5) is 10.2 Å². The van der Waals surface area contributed by atoms with Crippen LogP contribution >= 0.6 is 35.4 Å². The fourth-order valence-corrected chi connectivity index (χ4v) is 4.05. The molecular weight excluding hydrogens is 478 g/mol. The maximum absolute atomic E-state index is 14.2. The third kappa shape index (κ3) is 6.11. The quantitative estimate of drug-likeness (QED) is 0.284. The lowest BCUT2D eigenvalue weighted by Gasteiger charge is -2.25. The summed E-state index contributed by atoms with van der Waals surface area (Å²) in [6, 6.07) is 26.4. The number of thiocarbonyl (C=S) groups is 1. The Labute approximate surface area is 207 Å². The molecule has 0 aliphatic rings. The van der Waals surface area contributed by atoms with Crippen LogP contribution in [-0.2, 0) is 19.6 Å². The second-order valence-electron chi connectivity index (χ2n) is 7.47. The van der Waals surface area contributed by atoms with Gasteiger partial charge in [-0.15, -0.1) is 0 Å². The molecule has 0 saturated heterocycles. The van der Waals surface area contributed by atoms with Gasteiger partial charge in [0.15, 0.2) is 10.9 Å². The van der Waals surface area contributed by atoms with Gasteiger partial charge in [0.05, 0.1) is 6.54 Å². The Morgan fingerprint density at radius 2 is 1.52 bits per heavy atom. The second kappa shape index (κ2) is 10.8. The Bertz CT molecular complexity index is 1170. The van der Waals surface area contributed by atoms with Crippen molar-refractivity contribution in [2.75, 3.05) is 5.32 Å². The molecule has 33 heavy (non-hydrogen) atoms. The average Bonchev–Trinajstić information content (AvgIpc) is 3.15. The molecule has 8 heteroatoms. The van der Waals surface area contributed by atoms with E-state index in [0.717, 1.165) is 11.1 Å². The van der Waals surface area contributed by atoms with Gasteiger partial charge in [0.1, 0.15) is 11.0 Å². The molecule has 1 aromatic heterocycles. The van der Waals surface area contributed by atoms with E-state index in [1.54, 1.807) is 18.2 Å². The maximum Gasteiger partial charge on any atom is 0.175 e. The number of nitrogens with zero attached hydrogens (tertiary/aromatic N) is 3. The summed E-state index contributed by atoms with van der Waals surface area (Å²) >= 11 is 18.2. The van der Waals surface area contributed by atoms with Gasteiger partial charge in [0, 0.05) is 29.7 Å². The van der Waals surface area contributed by atoms with Gasteiger partial charge in [0.2, 0.25) is 0 Å². The Morgan fingerprint density at radius 3 is 2.09 bits per heavy atom. The molecule has 1 N–H and O–H groups in total. The number of nitrogens with one attached hydrogen (secondary N) is 1. The Kier molecular flexibility index (Phi) is 7.60. The van der Waals surface area contributed by atoms with Crippen LogP contribution in [0.1, 0.15) is 16.7 Å². The van der Waals surface area contributed by atoms with Crippen molar-refractivity contribution in [2.24, 2.45) is 0 Å². The van der Waals surface area contributed by atoms with Gasteiger partial charge >= 0.3 is 0 Å². The third-order valence-electron chi connectivity index (χ3n) is 5.06. The van der Waals surface area contributed by atoms with E-state index >= 15 is 0 Å². The minimum atomic E-state index is -0.406. The lowest BCUT2D eigenvalue weighted by atomic mass is 10.2. The van der Waals surface area contributed by atoms with Gasteiger partial charge in [-0.05, 0) is 35.5 Å². The molecule has 0 bridgehead atoms. The van der Waals surface area contributed by atoms with Crippen molar-refractivity contribution in [1.29, 1.82) is 0 Å². The largest absolute Gasteiger partial charge is 0.340 e. The van der Waals surface area contributed by atoms with E-state index in [0.29, 0.717) is 39.8 Å².